The van der Waals surface area contributed by atoms with E-state index >= 15 is 0 Å². The molecule has 0 aliphatic carbocycles. The van der Waals surface area contributed by atoms with E-state index in [0.29, 0.717) is 0 Å². The van der Waals surface area contributed by atoms with Crippen molar-refractivity contribution in [3.63, 3.8) is 0 Å². The van der Waals surface area contributed by atoms with Gasteiger partial charge < -0.3 is 0 Å². The smallest absolute Gasteiger partial charge is 0.0529 e. The van der Waals surface area contributed by atoms with Crippen molar-refractivity contribution < 1.29 is 0 Å². The zero-order valence-corrected chi connectivity index (χ0v) is 12.4. The summed E-state index contributed by atoms with van der Waals surface area (Å²) >= 11 is 0. The molecule has 0 aliphatic heterocycles. The largest absolute Gasteiger partial charge is 0.139 e. The minimum absolute atomic E-state index is 1.17. The van der Waals surface area contributed by atoms with E-state index in [-0.39, 0.29) is 0 Å². The summed E-state index contributed by atoms with van der Waals surface area (Å²) in [6.07, 6.45) is 6.82. The van der Waals surface area contributed by atoms with E-state index in [2.05, 4.69) is 28.6 Å². The molecule has 0 fully saturated rings. The van der Waals surface area contributed by atoms with Crippen LogP contribution in [0.4, 0.5) is 0 Å². The lowest BCUT2D eigenvalue weighted by atomic mass is 10.2. The molecular weight excluding hydrogens is 270 g/mol. The van der Waals surface area contributed by atoms with E-state index in [4.69, 9.17) is 0 Å². The lowest BCUT2D eigenvalue weighted by Gasteiger charge is -1.85. The highest BCUT2D eigenvalue weighted by molar-refractivity contribution is 5.46. The van der Waals surface area contributed by atoms with Crippen LogP contribution in [-0.4, -0.2) is 15.4 Å². The van der Waals surface area contributed by atoms with Crippen molar-refractivity contribution in [2.45, 2.75) is 0 Å². The molecule has 3 heteroatoms. The van der Waals surface area contributed by atoms with Crippen LogP contribution in [0.1, 0.15) is 11.1 Å². The molecule has 22 heavy (non-hydrogen) atoms. The third kappa shape index (κ3) is 8.17. The van der Waals surface area contributed by atoms with Crippen molar-refractivity contribution in [3.8, 4) is 0 Å². The SMILES string of the molecule is C=Cc1ccccc1.C=Cc1ccccc1.c1cnnnc1. The van der Waals surface area contributed by atoms with Gasteiger partial charge in [0.1, 0.15) is 0 Å². The summed E-state index contributed by atoms with van der Waals surface area (Å²) in [6.45, 7) is 7.26. The molecule has 3 rings (SSSR count). The zero-order valence-electron chi connectivity index (χ0n) is 12.4. The second kappa shape index (κ2) is 11.7. The molecule has 3 aromatic rings. The van der Waals surface area contributed by atoms with Gasteiger partial charge in [0, 0.05) is 0 Å². The molecular formula is C19H19N3. The van der Waals surface area contributed by atoms with Gasteiger partial charge in [-0.2, -0.15) is 0 Å². The van der Waals surface area contributed by atoms with E-state index in [9.17, 15) is 0 Å². The lowest BCUT2D eigenvalue weighted by Crippen LogP contribution is -1.78. The van der Waals surface area contributed by atoms with Crippen molar-refractivity contribution in [1.29, 1.82) is 0 Å². The Morgan fingerprint density at radius 3 is 1.18 bits per heavy atom. The van der Waals surface area contributed by atoms with Crippen molar-refractivity contribution in [1.82, 2.24) is 15.4 Å². The third-order valence-corrected chi connectivity index (χ3v) is 2.48. The van der Waals surface area contributed by atoms with E-state index in [1.165, 1.54) is 11.1 Å². The molecule has 0 aliphatic rings. The number of nitrogens with zero attached hydrogens (tertiary/aromatic N) is 3. The van der Waals surface area contributed by atoms with Gasteiger partial charge in [-0.15, -0.1) is 10.2 Å². The lowest BCUT2D eigenvalue weighted by molar-refractivity contribution is 0.865. The van der Waals surface area contributed by atoms with Gasteiger partial charge in [0.2, 0.25) is 0 Å². The van der Waals surface area contributed by atoms with E-state index < -0.39 is 0 Å². The van der Waals surface area contributed by atoms with E-state index in [1.54, 1.807) is 18.5 Å². The number of hydrogen-bond donors (Lipinski definition) is 0. The van der Waals surface area contributed by atoms with Crippen LogP contribution >= 0.6 is 0 Å². The van der Waals surface area contributed by atoms with Gasteiger partial charge in [-0.1, -0.05) is 86.0 Å². The summed E-state index contributed by atoms with van der Waals surface area (Å²) in [7, 11) is 0. The summed E-state index contributed by atoms with van der Waals surface area (Å²) < 4.78 is 0. The number of rotatable bonds is 2. The molecule has 0 spiro atoms. The van der Waals surface area contributed by atoms with Gasteiger partial charge in [0.25, 0.3) is 0 Å². The summed E-state index contributed by atoms with van der Waals surface area (Å²) in [6, 6.07) is 21.8. The fourth-order valence-corrected chi connectivity index (χ4v) is 1.38. The molecule has 0 saturated heterocycles. The number of aromatic nitrogens is 3. The van der Waals surface area contributed by atoms with Crippen molar-refractivity contribution >= 4 is 12.2 Å². The van der Waals surface area contributed by atoms with Crippen LogP contribution in [0.15, 0.2) is 92.3 Å². The monoisotopic (exact) mass is 289 g/mol. The third-order valence-electron chi connectivity index (χ3n) is 2.48. The van der Waals surface area contributed by atoms with Gasteiger partial charge in [-0.3, -0.25) is 0 Å². The molecule has 0 atom stereocenters. The number of hydrogen-bond acceptors (Lipinski definition) is 3. The van der Waals surface area contributed by atoms with Crippen LogP contribution in [0.3, 0.4) is 0 Å². The Hall–Kier alpha value is -3.07. The maximum atomic E-state index is 3.63. The van der Waals surface area contributed by atoms with Crippen LogP contribution in [0.5, 0.6) is 0 Å². The average molecular weight is 289 g/mol. The molecule has 0 amide bonds. The highest BCUT2D eigenvalue weighted by Gasteiger charge is 1.76. The van der Waals surface area contributed by atoms with Crippen molar-refractivity contribution in [2.24, 2.45) is 0 Å². The predicted octanol–water partition coefficient (Wildman–Crippen LogP) is 4.53. The molecule has 0 unspecified atom stereocenters. The second-order valence-corrected chi connectivity index (χ2v) is 4.04. The predicted molar refractivity (Wildman–Crippen MR) is 92.9 cm³/mol. The van der Waals surface area contributed by atoms with E-state index in [1.807, 2.05) is 72.8 Å². The van der Waals surface area contributed by atoms with E-state index in [0.717, 1.165) is 0 Å². The van der Waals surface area contributed by atoms with Crippen molar-refractivity contribution in [2.75, 3.05) is 0 Å². The first kappa shape index (κ1) is 17.0. The summed E-state index contributed by atoms with van der Waals surface area (Å²) in [5.41, 5.74) is 2.35. The first-order valence-electron chi connectivity index (χ1n) is 6.80. The summed E-state index contributed by atoms with van der Waals surface area (Å²) in [4.78, 5) is 0. The van der Waals surface area contributed by atoms with Gasteiger partial charge >= 0.3 is 0 Å². The minimum Gasteiger partial charge on any atom is -0.139 e. The molecule has 0 radical (unpaired) electrons. The Balaban J connectivity index is 0.000000167. The average Bonchev–Trinajstić information content (AvgIpc) is 2.65. The highest BCUT2D eigenvalue weighted by Crippen LogP contribution is 1.98. The minimum atomic E-state index is 1.17. The molecule has 3 nitrogen and oxygen atoms in total. The fourth-order valence-electron chi connectivity index (χ4n) is 1.38. The Labute approximate surface area is 131 Å². The summed E-state index contributed by atoms with van der Waals surface area (Å²) in [5, 5.41) is 10.1. The van der Waals surface area contributed by atoms with Crippen LogP contribution in [0, 0.1) is 0 Å². The van der Waals surface area contributed by atoms with Gasteiger partial charge in [0.15, 0.2) is 0 Å². The Morgan fingerprint density at radius 2 is 1.00 bits per heavy atom. The highest BCUT2D eigenvalue weighted by atomic mass is 15.3. The molecule has 1 aromatic heterocycles. The molecule has 1 heterocycles. The van der Waals surface area contributed by atoms with Crippen LogP contribution in [0.2, 0.25) is 0 Å². The first-order chi connectivity index (χ1) is 10.9. The van der Waals surface area contributed by atoms with Gasteiger partial charge in [-0.05, 0) is 22.4 Å². The Bertz CT molecular complexity index is 552. The maximum absolute atomic E-state index is 3.63. The van der Waals surface area contributed by atoms with Crippen LogP contribution in [-0.2, 0) is 0 Å². The fraction of sp³-hybridized carbons (Fsp3) is 0. The number of benzene rings is 2. The maximum Gasteiger partial charge on any atom is 0.0529 e. The molecule has 0 bridgehead atoms. The van der Waals surface area contributed by atoms with Crippen molar-refractivity contribution in [3.05, 3.63) is 103 Å². The second-order valence-electron chi connectivity index (χ2n) is 4.04. The van der Waals surface area contributed by atoms with Crippen LogP contribution < -0.4 is 0 Å². The zero-order chi connectivity index (χ0) is 15.9. The molecule has 110 valence electrons. The van der Waals surface area contributed by atoms with Gasteiger partial charge in [-0.25, -0.2) is 0 Å². The quantitative estimate of drug-likeness (QED) is 0.695. The van der Waals surface area contributed by atoms with Gasteiger partial charge in [0.05, 0.1) is 12.4 Å². The molecule has 0 saturated carbocycles. The first-order valence-corrected chi connectivity index (χ1v) is 6.80. The standard InChI is InChI=1S/2C8H8.C3H3N3/c2*1-2-8-6-4-3-5-7-8;1-2-4-6-5-3-1/h2*2-7H,1H2;1-3H. The normalized spacial score (nSPS) is 8.36. The topological polar surface area (TPSA) is 38.7 Å². The van der Waals surface area contributed by atoms with Crippen LogP contribution in [0.25, 0.3) is 12.2 Å². The Kier molecular flexibility index (Phi) is 9.06. The Morgan fingerprint density at radius 1 is 0.591 bits per heavy atom. The summed E-state index contributed by atoms with van der Waals surface area (Å²) in [5.74, 6) is 0. The molecule has 2 aromatic carbocycles. The molecule has 0 N–H and O–H groups in total.